The third-order valence-electron chi connectivity index (χ3n) is 2.05. The van der Waals surface area contributed by atoms with E-state index in [1.165, 1.54) is 0 Å². The van der Waals surface area contributed by atoms with Gasteiger partial charge in [0.25, 0.3) is 0 Å². The third kappa shape index (κ3) is 2.74. The van der Waals surface area contributed by atoms with Gasteiger partial charge in [0, 0.05) is 14.4 Å². The second-order valence-electron chi connectivity index (χ2n) is 3.20. The van der Waals surface area contributed by atoms with Gasteiger partial charge >= 0.3 is 0 Å². The maximum Gasteiger partial charge on any atom is 0.0943 e. The average Bonchev–Trinajstić information content (AvgIpc) is 2.62. The molecule has 0 spiro atoms. The quantitative estimate of drug-likeness (QED) is 0.567. The molecular weight excluding hydrogens is 350 g/mol. The molecule has 16 heavy (non-hydrogen) atoms. The number of halogens is 4. The van der Waals surface area contributed by atoms with Gasteiger partial charge in [0.1, 0.15) is 0 Å². The van der Waals surface area contributed by atoms with E-state index in [0.717, 1.165) is 14.9 Å². The van der Waals surface area contributed by atoms with Crippen molar-refractivity contribution >= 4 is 62.1 Å². The number of benzene rings is 1. The van der Waals surface area contributed by atoms with Crippen molar-refractivity contribution in [3.05, 3.63) is 54.6 Å². The molecule has 1 aromatic heterocycles. The number of rotatable bonds is 2. The van der Waals surface area contributed by atoms with E-state index in [4.69, 9.17) is 34.8 Å². The molecule has 2 aromatic rings. The van der Waals surface area contributed by atoms with Crippen molar-refractivity contribution in [2.45, 2.75) is 5.38 Å². The standard InChI is InChI=1S/C11H6BrCl3S/c12-7-3-6(4-8(13)5-7)10(15)11-9(14)1-2-16-11/h1-5,10H. The van der Waals surface area contributed by atoms with Crippen LogP contribution in [0, 0.1) is 0 Å². The van der Waals surface area contributed by atoms with E-state index in [-0.39, 0.29) is 5.38 Å². The van der Waals surface area contributed by atoms with Gasteiger partial charge in [0.05, 0.1) is 10.4 Å². The Labute approximate surface area is 121 Å². The van der Waals surface area contributed by atoms with Crippen molar-refractivity contribution < 1.29 is 0 Å². The summed E-state index contributed by atoms with van der Waals surface area (Å²) in [6, 6.07) is 7.46. The number of hydrogen-bond donors (Lipinski definition) is 0. The fourth-order valence-electron chi connectivity index (χ4n) is 1.36. The molecule has 0 bridgehead atoms. The summed E-state index contributed by atoms with van der Waals surface area (Å²) in [7, 11) is 0. The normalized spacial score (nSPS) is 12.8. The van der Waals surface area contributed by atoms with E-state index < -0.39 is 0 Å². The second kappa shape index (κ2) is 5.28. The summed E-state index contributed by atoms with van der Waals surface area (Å²) in [4.78, 5) is 0.942. The molecule has 0 aliphatic heterocycles. The fourth-order valence-corrected chi connectivity index (χ4v) is 3.87. The zero-order chi connectivity index (χ0) is 11.7. The van der Waals surface area contributed by atoms with Crippen LogP contribution in [0.3, 0.4) is 0 Å². The predicted molar refractivity (Wildman–Crippen MR) is 76.2 cm³/mol. The van der Waals surface area contributed by atoms with Crippen LogP contribution in [-0.4, -0.2) is 0 Å². The fraction of sp³-hybridized carbons (Fsp3) is 0.0909. The van der Waals surface area contributed by atoms with Crippen molar-refractivity contribution in [3.63, 3.8) is 0 Å². The highest BCUT2D eigenvalue weighted by Crippen LogP contribution is 2.38. The van der Waals surface area contributed by atoms with Crippen molar-refractivity contribution in [2.75, 3.05) is 0 Å². The largest absolute Gasteiger partial charge is 0.145 e. The van der Waals surface area contributed by atoms with Gasteiger partial charge in [0.15, 0.2) is 0 Å². The minimum atomic E-state index is -0.262. The molecule has 1 atom stereocenters. The lowest BCUT2D eigenvalue weighted by Crippen LogP contribution is -1.91. The molecule has 0 radical (unpaired) electrons. The van der Waals surface area contributed by atoms with Gasteiger partial charge in [-0.3, -0.25) is 0 Å². The Hall–Kier alpha value is 0.270. The molecule has 84 valence electrons. The van der Waals surface area contributed by atoms with Crippen LogP contribution in [0.4, 0.5) is 0 Å². The SMILES string of the molecule is Clc1cc(Br)cc(C(Cl)c2sccc2Cl)c1. The lowest BCUT2D eigenvalue weighted by molar-refractivity contribution is 1.18. The molecule has 5 heteroatoms. The Kier molecular flexibility index (Phi) is 4.20. The highest BCUT2D eigenvalue weighted by molar-refractivity contribution is 9.10. The zero-order valence-electron chi connectivity index (χ0n) is 7.88. The first kappa shape index (κ1) is 12.7. The van der Waals surface area contributed by atoms with E-state index in [1.807, 2.05) is 29.6 Å². The predicted octanol–water partition coefficient (Wildman–Crippen LogP) is 6.15. The molecule has 1 unspecified atom stereocenters. The minimum absolute atomic E-state index is 0.262. The van der Waals surface area contributed by atoms with E-state index in [0.29, 0.717) is 10.0 Å². The van der Waals surface area contributed by atoms with Crippen molar-refractivity contribution in [3.8, 4) is 0 Å². The van der Waals surface area contributed by atoms with Crippen LogP contribution in [0.2, 0.25) is 10.0 Å². The Bertz CT molecular complexity index is 489. The smallest absolute Gasteiger partial charge is 0.0943 e. The van der Waals surface area contributed by atoms with E-state index >= 15 is 0 Å². The lowest BCUT2D eigenvalue weighted by atomic mass is 10.1. The van der Waals surface area contributed by atoms with E-state index in [9.17, 15) is 0 Å². The van der Waals surface area contributed by atoms with Crippen LogP contribution < -0.4 is 0 Å². The molecule has 0 fully saturated rings. The van der Waals surface area contributed by atoms with Gasteiger partial charge in [0.2, 0.25) is 0 Å². The molecule has 0 aliphatic carbocycles. The molecule has 0 saturated heterocycles. The van der Waals surface area contributed by atoms with Crippen LogP contribution in [0.15, 0.2) is 34.1 Å². The molecule has 1 heterocycles. The lowest BCUT2D eigenvalue weighted by Gasteiger charge is -2.09. The third-order valence-corrected chi connectivity index (χ3v) is 4.75. The molecule has 2 rings (SSSR count). The van der Waals surface area contributed by atoms with E-state index in [1.54, 1.807) is 11.3 Å². The van der Waals surface area contributed by atoms with Gasteiger partial charge < -0.3 is 0 Å². The van der Waals surface area contributed by atoms with Gasteiger partial charge in [-0.1, -0.05) is 39.1 Å². The first-order valence-corrected chi connectivity index (χ1v) is 7.27. The van der Waals surface area contributed by atoms with Crippen LogP contribution in [-0.2, 0) is 0 Å². The molecule has 0 nitrogen and oxygen atoms in total. The molecule has 1 aromatic carbocycles. The van der Waals surface area contributed by atoms with Crippen molar-refractivity contribution in [1.82, 2.24) is 0 Å². The van der Waals surface area contributed by atoms with Gasteiger partial charge in [-0.25, -0.2) is 0 Å². The number of alkyl halides is 1. The van der Waals surface area contributed by atoms with Crippen LogP contribution in [0.1, 0.15) is 15.8 Å². The molecule has 0 amide bonds. The van der Waals surface area contributed by atoms with Gasteiger partial charge in [-0.2, -0.15) is 0 Å². The number of hydrogen-bond acceptors (Lipinski definition) is 1. The zero-order valence-corrected chi connectivity index (χ0v) is 12.6. The molecule has 0 saturated carbocycles. The average molecular weight is 356 g/mol. The Morgan fingerprint density at radius 3 is 2.50 bits per heavy atom. The topological polar surface area (TPSA) is 0 Å². The summed E-state index contributed by atoms with van der Waals surface area (Å²) in [6.07, 6.45) is 0. The van der Waals surface area contributed by atoms with Gasteiger partial charge in [-0.05, 0) is 35.2 Å². The highest BCUT2D eigenvalue weighted by atomic mass is 79.9. The van der Waals surface area contributed by atoms with Gasteiger partial charge in [-0.15, -0.1) is 22.9 Å². The first-order valence-electron chi connectivity index (χ1n) is 4.41. The Balaban J connectivity index is 2.41. The molecule has 0 N–H and O–H groups in total. The highest BCUT2D eigenvalue weighted by Gasteiger charge is 2.16. The first-order chi connectivity index (χ1) is 7.58. The summed E-state index contributed by atoms with van der Waals surface area (Å²) >= 11 is 23.3. The van der Waals surface area contributed by atoms with Crippen molar-refractivity contribution in [1.29, 1.82) is 0 Å². The maximum atomic E-state index is 6.37. The monoisotopic (exact) mass is 354 g/mol. The minimum Gasteiger partial charge on any atom is -0.145 e. The second-order valence-corrected chi connectivity index (χ2v) is 6.34. The summed E-state index contributed by atoms with van der Waals surface area (Å²) < 4.78 is 0.910. The van der Waals surface area contributed by atoms with Crippen LogP contribution >= 0.6 is 62.1 Å². The Morgan fingerprint density at radius 1 is 1.19 bits per heavy atom. The van der Waals surface area contributed by atoms with Crippen molar-refractivity contribution in [2.24, 2.45) is 0 Å². The summed E-state index contributed by atoms with van der Waals surface area (Å²) in [5.74, 6) is 0. The maximum absolute atomic E-state index is 6.37. The van der Waals surface area contributed by atoms with Crippen LogP contribution in [0.5, 0.6) is 0 Å². The van der Waals surface area contributed by atoms with Crippen LogP contribution in [0.25, 0.3) is 0 Å². The summed E-state index contributed by atoms with van der Waals surface area (Å²) in [6.45, 7) is 0. The molecular formula is C11H6BrCl3S. The molecule has 0 aliphatic rings. The van der Waals surface area contributed by atoms with E-state index in [2.05, 4.69) is 15.9 Å². The Morgan fingerprint density at radius 2 is 1.94 bits per heavy atom. The number of thiophene rings is 1. The summed E-state index contributed by atoms with van der Waals surface area (Å²) in [5, 5.41) is 3.01. The summed E-state index contributed by atoms with van der Waals surface area (Å²) in [5.41, 5.74) is 0.936.